The van der Waals surface area contributed by atoms with Crippen molar-refractivity contribution in [3.63, 3.8) is 0 Å². The summed E-state index contributed by atoms with van der Waals surface area (Å²) in [4.78, 5) is 0.0130. The molecule has 120 valence electrons. The highest BCUT2D eigenvalue weighted by Gasteiger charge is 2.21. The van der Waals surface area contributed by atoms with Crippen LogP contribution in [0.3, 0.4) is 0 Å². The zero-order valence-corrected chi connectivity index (χ0v) is 13.9. The summed E-state index contributed by atoms with van der Waals surface area (Å²) in [6.45, 7) is 8.92. The molecule has 4 nitrogen and oxygen atoms in total. The van der Waals surface area contributed by atoms with Crippen molar-refractivity contribution in [2.75, 3.05) is 6.54 Å². The summed E-state index contributed by atoms with van der Waals surface area (Å²) in [7, 11) is -3.72. The lowest BCUT2D eigenvalue weighted by atomic mass is 10.1. The Bertz CT molecular complexity index is 559. The smallest absolute Gasteiger partial charge is 0.241 e. The summed E-state index contributed by atoms with van der Waals surface area (Å²) in [5, 5.41) is 3.07. The number of hydrogen-bond acceptors (Lipinski definition) is 3. The Morgan fingerprint density at radius 2 is 1.90 bits per heavy atom. The predicted molar refractivity (Wildman–Crippen MR) is 83.0 cm³/mol. The van der Waals surface area contributed by atoms with Gasteiger partial charge in [-0.05, 0) is 43.5 Å². The summed E-state index contributed by atoms with van der Waals surface area (Å²) in [6.07, 6.45) is 0.733. The molecule has 0 fully saturated rings. The Morgan fingerprint density at radius 3 is 2.48 bits per heavy atom. The van der Waals surface area contributed by atoms with Crippen molar-refractivity contribution in [3.05, 3.63) is 29.6 Å². The van der Waals surface area contributed by atoms with Crippen molar-refractivity contribution in [2.45, 2.75) is 51.6 Å². The van der Waals surface area contributed by atoms with E-state index < -0.39 is 15.8 Å². The van der Waals surface area contributed by atoms with Gasteiger partial charge in [0.2, 0.25) is 10.0 Å². The monoisotopic (exact) mass is 316 g/mol. The van der Waals surface area contributed by atoms with Crippen LogP contribution in [0, 0.1) is 11.7 Å². The van der Waals surface area contributed by atoms with Gasteiger partial charge >= 0.3 is 0 Å². The van der Waals surface area contributed by atoms with Crippen molar-refractivity contribution < 1.29 is 12.8 Å². The first-order chi connectivity index (χ1) is 9.76. The van der Waals surface area contributed by atoms with Crippen LogP contribution in [0.1, 0.15) is 39.7 Å². The predicted octanol–water partition coefficient (Wildman–Crippen LogP) is 2.65. The van der Waals surface area contributed by atoms with Crippen LogP contribution in [0.2, 0.25) is 0 Å². The topological polar surface area (TPSA) is 58.2 Å². The lowest BCUT2D eigenvalue weighted by Crippen LogP contribution is -2.34. The summed E-state index contributed by atoms with van der Waals surface area (Å²) in [5.41, 5.74) is 0.572. The molecule has 0 aliphatic carbocycles. The molecular formula is C15H25FN2O2S. The van der Waals surface area contributed by atoms with Crippen molar-refractivity contribution in [2.24, 2.45) is 5.92 Å². The maximum atomic E-state index is 13.4. The van der Waals surface area contributed by atoms with Gasteiger partial charge in [0.25, 0.3) is 0 Å². The highest BCUT2D eigenvalue weighted by molar-refractivity contribution is 7.89. The van der Waals surface area contributed by atoms with Gasteiger partial charge < -0.3 is 5.32 Å². The summed E-state index contributed by atoms with van der Waals surface area (Å²) >= 11 is 0. The van der Waals surface area contributed by atoms with E-state index in [-0.39, 0.29) is 10.9 Å². The van der Waals surface area contributed by atoms with Gasteiger partial charge in [-0.15, -0.1) is 0 Å². The maximum absolute atomic E-state index is 13.4. The second-order valence-electron chi connectivity index (χ2n) is 5.68. The lowest BCUT2D eigenvalue weighted by Gasteiger charge is -2.18. The van der Waals surface area contributed by atoms with Crippen LogP contribution in [0.5, 0.6) is 0 Å². The van der Waals surface area contributed by atoms with E-state index in [9.17, 15) is 12.8 Å². The first kappa shape index (κ1) is 18.1. The summed E-state index contributed by atoms with van der Waals surface area (Å²) in [5.74, 6) is -0.163. The standard InChI is InChI=1S/C15H25FN2O2S/c1-5-17-10-13-6-7-14(16)9-15(13)21(19,20)18-12(4)8-11(2)3/h6-7,9,11-12,17-18H,5,8,10H2,1-4H3. The fourth-order valence-electron chi connectivity index (χ4n) is 2.27. The minimum absolute atomic E-state index is 0.0130. The first-order valence-electron chi connectivity index (χ1n) is 7.27. The second kappa shape index (κ2) is 7.87. The van der Waals surface area contributed by atoms with Gasteiger partial charge in [0.05, 0.1) is 4.90 Å². The number of rotatable bonds is 8. The van der Waals surface area contributed by atoms with E-state index >= 15 is 0 Å². The highest BCUT2D eigenvalue weighted by atomic mass is 32.2. The van der Waals surface area contributed by atoms with Crippen LogP contribution < -0.4 is 10.0 Å². The van der Waals surface area contributed by atoms with E-state index in [1.807, 2.05) is 27.7 Å². The molecule has 0 spiro atoms. The number of sulfonamides is 1. The Labute approximate surface area is 127 Å². The Morgan fingerprint density at radius 1 is 1.24 bits per heavy atom. The minimum Gasteiger partial charge on any atom is -0.313 e. The Hall–Kier alpha value is -0.980. The van der Waals surface area contributed by atoms with Gasteiger partial charge in [-0.1, -0.05) is 26.8 Å². The van der Waals surface area contributed by atoms with Crippen LogP contribution in [0.25, 0.3) is 0 Å². The molecule has 0 bridgehead atoms. The van der Waals surface area contributed by atoms with Gasteiger partial charge in [0.1, 0.15) is 5.82 Å². The molecule has 1 unspecified atom stereocenters. The van der Waals surface area contributed by atoms with E-state index in [4.69, 9.17) is 0 Å². The molecule has 0 aliphatic rings. The number of hydrogen-bond donors (Lipinski definition) is 2. The van der Waals surface area contributed by atoms with Gasteiger partial charge in [0.15, 0.2) is 0 Å². The molecule has 2 N–H and O–H groups in total. The van der Waals surface area contributed by atoms with Crippen molar-refractivity contribution in [3.8, 4) is 0 Å². The van der Waals surface area contributed by atoms with Crippen LogP contribution in [-0.4, -0.2) is 21.0 Å². The molecule has 1 atom stereocenters. The summed E-state index contributed by atoms with van der Waals surface area (Å²) in [6, 6.07) is 3.69. The molecule has 0 aromatic heterocycles. The molecule has 0 heterocycles. The van der Waals surface area contributed by atoms with Crippen LogP contribution in [-0.2, 0) is 16.6 Å². The fourth-order valence-corrected chi connectivity index (χ4v) is 3.77. The fraction of sp³-hybridized carbons (Fsp3) is 0.600. The summed E-state index contributed by atoms with van der Waals surface area (Å²) < 4.78 is 41.0. The average molecular weight is 316 g/mol. The SMILES string of the molecule is CCNCc1ccc(F)cc1S(=O)(=O)NC(C)CC(C)C. The second-order valence-corrected chi connectivity index (χ2v) is 7.37. The first-order valence-corrected chi connectivity index (χ1v) is 8.76. The highest BCUT2D eigenvalue weighted by Crippen LogP contribution is 2.18. The molecule has 1 aromatic rings. The zero-order chi connectivity index (χ0) is 16.0. The van der Waals surface area contributed by atoms with Gasteiger partial charge in [-0.25, -0.2) is 17.5 Å². The van der Waals surface area contributed by atoms with E-state index in [0.29, 0.717) is 24.6 Å². The molecule has 0 aliphatic heterocycles. The molecule has 6 heteroatoms. The molecule has 0 radical (unpaired) electrons. The van der Waals surface area contributed by atoms with Gasteiger partial charge in [-0.3, -0.25) is 0 Å². The van der Waals surface area contributed by atoms with Crippen LogP contribution >= 0.6 is 0 Å². The largest absolute Gasteiger partial charge is 0.313 e. The van der Waals surface area contributed by atoms with Crippen LogP contribution in [0.4, 0.5) is 4.39 Å². The van der Waals surface area contributed by atoms with E-state index in [1.54, 1.807) is 0 Å². The third-order valence-corrected chi connectivity index (χ3v) is 4.74. The van der Waals surface area contributed by atoms with E-state index in [0.717, 1.165) is 12.5 Å². The number of halogens is 1. The zero-order valence-electron chi connectivity index (χ0n) is 13.1. The lowest BCUT2D eigenvalue weighted by molar-refractivity contribution is 0.481. The normalized spacial score (nSPS) is 13.6. The van der Waals surface area contributed by atoms with E-state index in [2.05, 4.69) is 10.0 Å². The van der Waals surface area contributed by atoms with Crippen molar-refractivity contribution in [1.82, 2.24) is 10.0 Å². The average Bonchev–Trinajstić information content (AvgIpc) is 2.35. The third kappa shape index (κ3) is 5.73. The number of benzene rings is 1. The van der Waals surface area contributed by atoms with Crippen molar-refractivity contribution in [1.29, 1.82) is 0 Å². The molecule has 21 heavy (non-hydrogen) atoms. The maximum Gasteiger partial charge on any atom is 0.241 e. The molecule has 1 rings (SSSR count). The minimum atomic E-state index is -3.72. The Balaban J connectivity index is 3.03. The van der Waals surface area contributed by atoms with Gasteiger partial charge in [-0.2, -0.15) is 0 Å². The third-order valence-electron chi connectivity index (χ3n) is 3.07. The van der Waals surface area contributed by atoms with Gasteiger partial charge in [0, 0.05) is 12.6 Å². The van der Waals surface area contributed by atoms with Crippen LogP contribution in [0.15, 0.2) is 23.1 Å². The number of nitrogens with one attached hydrogen (secondary N) is 2. The van der Waals surface area contributed by atoms with Crippen molar-refractivity contribution >= 4 is 10.0 Å². The quantitative estimate of drug-likeness (QED) is 0.775. The molecule has 0 saturated heterocycles. The molecular weight excluding hydrogens is 291 g/mol. The van der Waals surface area contributed by atoms with E-state index in [1.165, 1.54) is 12.1 Å². The molecule has 0 amide bonds. The molecule has 1 aromatic carbocycles. The molecule has 0 saturated carbocycles. The Kier molecular flexibility index (Phi) is 6.77.